The molecule has 0 atom stereocenters. The Bertz CT molecular complexity index is 1110. The highest BCUT2D eigenvalue weighted by Gasteiger charge is 2.26. The molecule has 7 heteroatoms. The van der Waals surface area contributed by atoms with Crippen molar-refractivity contribution in [1.29, 1.82) is 0 Å². The van der Waals surface area contributed by atoms with E-state index < -0.39 is 0 Å². The largest absolute Gasteiger partial charge is 0.376 e. The van der Waals surface area contributed by atoms with Crippen molar-refractivity contribution in [3.05, 3.63) is 63.7 Å². The molecule has 2 N–H and O–H groups in total. The Morgan fingerprint density at radius 3 is 2.90 bits per heavy atom. The molecule has 3 heterocycles. The molecule has 0 unspecified atom stereocenters. The summed E-state index contributed by atoms with van der Waals surface area (Å²) in [7, 11) is 0. The first-order chi connectivity index (χ1) is 14.2. The normalized spacial score (nSPS) is 21.7. The third-order valence-corrected chi connectivity index (χ3v) is 6.06. The number of nitrogens with zero attached hydrogens (tertiary/aromatic N) is 2. The van der Waals surface area contributed by atoms with Gasteiger partial charge in [-0.3, -0.25) is 9.59 Å². The molecule has 0 bridgehead atoms. The minimum absolute atomic E-state index is 0.0472. The second kappa shape index (κ2) is 7.48. The number of benzene rings is 1. The number of H-pyrrole nitrogens is 1. The molecule has 2 aromatic heterocycles. The molecule has 1 aliphatic carbocycles. The quantitative estimate of drug-likeness (QED) is 0.717. The van der Waals surface area contributed by atoms with Crippen LogP contribution in [0.5, 0.6) is 0 Å². The maximum atomic E-state index is 12.6. The van der Waals surface area contributed by atoms with Crippen molar-refractivity contribution < 1.29 is 9.53 Å². The molecule has 1 aliphatic heterocycles. The van der Waals surface area contributed by atoms with Crippen molar-refractivity contribution in [3.8, 4) is 0 Å². The summed E-state index contributed by atoms with van der Waals surface area (Å²) in [5.74, 6) is -0.0472. The predicted molar refractivity (Wildman–Crippen MR) is 109 cm³/mol. The Morgan fingerprint density at radius 1 is 1.17 bits per heavy atom. The van der Waals surface area contributed by atoms with Crippen LogP contribution in [0.4, 0.5) is 0 Å². The Kier molecular flexibility index (Phi) is 4.67. The fourth-order valence-electron chi connectivity index (χ4n) is 4.41. The van der Waals surface area contributed by atoms with Crippen LogP contribution in [0.1, 0.15) is 53.3 Å². The number of hydrogen-bond donors (Lipinski definition) is 2. The predicted octanol–water partition coefficient (Wildman–Crippen LogP) is 2.71. The molecule has 29 heavy (non-hydrogen) atoms. The number of ether oxygens (including phenoxy) is 1. The van der Waals surface area contributed by atoms with Gasteiger partial charge in [0.2, 0.25) is 0 Å². The van der Waals surface area contributed by atoms with Gasteiger partial charge < -0.3 is 15.0 Å². The molecule has 1 saturated carbocycles. The number of amides is 1. The van der Waals surface area contributed by atoms with Crippen LogP contribution in [0.3, 0.4) is 0 Å². The van der Waals surface area contributed by atoms with E-state index in [1.54, 1.807) is 10.7 Å². The molecule has 0 spiro atoms. The summed E-state index contributed by atoms with van der Waals surface area (Å²) >= 11 is 0. The van der Waals surface area contributed by atoms with E-state index in [1.807, 2.05) is 30.5 Å². The smallest absolute Gasteiger partial charge is 0.267 e. The molecule has 3 aromatic rings. The van der Waals surface area contributed by atoms with Crippen molar-refractivity contribution in [3.63, 3.8) is 0 Å². The fourth-order valence-corrected chi connectivity index (χ4v) is 4.41. The number of hydrogen-bond acceptors (Lipinski definition) is 4. The third-order valence-electron chi connectivity index (χ3n) is 6.06. The molecule has 1 amide bonds. The first-order valence-corrected chi connectivity index (χ1v) is 10.2. The summed E-state index contributed by atoms with van der Waals surface area (Å²) in [4.78, 5) is 28.3. The topological polar surface area (TPSA) is 89.0 Å². The lowest BCUT2D eigenvalue weighted by molar-refractivity contribution is 0.0920. The zero-order valence-corrected chi connectivity index (χ0v) is 16.2. The SMILES string of the molecule is O=C(NC1CCC(n2nc3c(cc2=O)COCC3)CC1)c1ccc2cc[nH]c2c1. The van der Waals surface area contributed by atoms with Gasteiger partial charge in [0, 0.05) is 41.4 Å². The number of aromatic nitrogens is 3. The van der Waals surface area contributed by atoms with Crippen molar-refractivity contribution in [2.75, 3.05) is 6.61 Å². The lowest BCUT2D eigenvalue weighted by atomic mass is 9.91. The van der Waals surface area contributed by atoms with Crippen LogP contribution in [0.15, 0.2) is 41.3 Å². The van der Waals surface area contributed by atoms with Gasteiger partial charge in [-0.15, -0.1) is 0 Å². The van der Waals surface area contributed by atoms with Gasteiger partial charge in [-0.25, -0.2) is 4.68 Å². The lowest BCUT2D eigenvalue weighted by Gasteiger charge is -2.30. The molecule has 1 aromatic carbocycles. The maximum Gasteiger partial charge on any atom is 0.267 e. The zero-order chi connectivity index (χ0) is 19.8. The summed E-state index contributed by atoms with van der Waals surface area (Å²) in [6, 6.07) is 9.58. The minimum atomic E-state index is -0.0546. The van der Waals surface area contributed by atoms with Crippen molar-refractivity contribution >= 4 is 16.8 Å². The summed E-state index contributed by atoms with van der Waals surface area (Å²) < 4.78 is 7.07. The zero-order valence-electron chi connectivity index (χ0n) is 16.2. The van der Waals surface area contributed by atoms with Crippen molar-refractivity contribution in [1.82, 2.24) is 20.1 Å². The minimum Gasteiger partial charge on any atom is -0.376 e. The van der Waals surface area contributed by atoms with E-state index in [-0.39, 0.29) is 23.6 Å². The average Bonchev–Trinajstić information content (AvgIpc) is 3.22. The maximum absolute atomic E-state index is 12.6. The second-order valence-electron chi connectivity index (χ2n) is 7.96. The molecule has 150 valence electrons. The van der Waals surface area contributed by atoms with E-state index in [2.05, 4.69) is 15.4 Å². The number of carbonyl (C=O) groups excluding carboxylic acids is 1. The van der Waals surface area contributed by atoms with E-state index in [0.29, 0.717) is 18.8 Å². The average molecular weight is 392 g/mol. The summed E-state index contributed by atoms with van der Waals surface area (Å²) in [6.45, 7) is 1.14. The van der Waals surface area contributed by atoms with E-state index in [1.165, 1.54) is 0 Å². The number of nitrogens with one attached hydrogen (secondary N) is 2. The highest BCUT2D eigenvalue weighted by atomic mass is 16.5. The van der Waals surface area contributed by atoms with Crippen LogP contribution in [0, 0.1) is 0 Å². The lowest BCUT2D eigenvalue weighted by Crippen LogP contribution is -2.40. The van der Waals surface area contributed by atoms with Gasteiger partial charge in [0.15, 0.2) is 0 Å². The van der Waals surface area contributed by atoms with Crippen molar-refractivity contribution in [2.45, 2.75) is 50.8 Å². The van der Waals surface area contributed by atoms with Crippen LogP contribution >= 0.6 is 0 Å². The Balaban J connectivity index is 1.23. The number of rotatable bonds is 3. The van der Waals surface area contributed by atoms with Gasteiger partial charge in [0.05, 0.1) is 24.9 Å². The molecule has 5 rings (SSSR count). The molecule has 0 saturated heterocycles. The summed E-state index contributed by atoms with van der Waals surface area (Å²) in [5, 5.41) is 8.87. The second-order valence-corrected chi connectivity index (χ2v) is 7.96. The first kappa shape index (κ1) is 18.1. The van der Waals surface area contributed by atoms with Crippen LogP contribution in [-0.4, -0.2) is 33.3 Å². The summed E-state index contributed by atoms with van der Waals surface area (Å²) in [6.07, 6.45) is 5.99. The van der Waals surface area contributed by atoms with Crippen LogP contribution in [0.25, 0.3) is 10.9 Å². The Morgan fingerprint density at radius 2 is 2.03 bits per heavy atom. The number of carbonyl (C=O) groups is 1. The Hall–Kier alpha value is -2.93. The Labute approximate surface area is 168 Å². The van der Waals surface area contributed by atoms with Gasteiger partial charge in [-0.2, -0.15) is 5.10 Å². The van der Waals surface area contributed by atoms with Crippen LogP contribution in [-0.2, 0) is 17.8 Å². The van der Waals surface area contributed by atoms with Gasteiger partial charge in [0.1, 0.15) is 0 Å². The highest BCUT2D eigenvalue weighted by Crippen LogP contribution is 2.28. The molecule has 1 fully saturated rings. The molecular weight excluding hydrogens is 368 g/mol. The third kappa shape index (κ3) is 3.58. The fraction of sp³-hybridized carbons (Fsp3) is 0.409. The molecule has 2 aliphatic rings. The van der Waals surface area contributed by atoms with Crippen molar-refractivity contribution in [2.24, 2.45) is 0 Å². The first-order valence-electron chi connectivity index (χ1n) is 10.2. The highest BCUT2D eigenvalue weighted by molar-refractivity contribution is 5.98. The van der Waals surface area contributed by atoms with Crippen LogP contribution < -0.4 is 10.9 Å². The molecule has 0 radical (unpaired) electrons. The van der Waals surface area contributed by atoms with Gasteiger partial charge in [-0.05, 0) is 49.3 Å². The number of fused-ring (bicyclic) bond motifs is 2. The van der Waals surface area contributed by atoms with Gasteiger partial charge >= 0.3 is 0 Å². The van der Waals surface area contributed by atoms with E-state index in [4.69, 9.17) is 4.74 Å². The van der Waals surface area contributed by atoms with E-state index in [0.717, 1.165) is 54.3 Å². The number of aromatic amines is 1. The van der Waals surface area contributed by atoms with Gasteiger partial charge in [-0.1, -0.05) is 6.07 Å². The standard InChI is InChI=1S/C22H24N4O3/c27-21-12-16-13-29-10-8-19(16)25-26(21)18-5-3-17(4-6-18)24-22(28)15-2-1-14-7-9-23-20(14)11-15/h1-2,7,9,11-12,17-18,23H,3-6,8,10,13H2,(H,24,28). The molecule has 7 nitrogen and oxygen atoms in total. The van der Waals surface area contributed by atoms with E-state index in [9.17, 15) is 9.59 Å². The van der Waals surface area contributed by atoms with E-state index >= 15 is 0 Å². The monoisotopic (exact) mass is 392 g/mol. The summed E-state index contributed by atoms with van der Waals surface area (Å²) in [5.41, 5.74) is 3.46. The van der Waals surface area contributed by atoms with Gasteiger partial charge in [0.25, 0.3) is 11.5 Å². The van der Waals surface area contributed by atoms with Crippen LogP contribution in [0.2, 0.25) is 0 Å². The molecular formula is C22H24N4O3.